The number of hydrogen-bond donors (Lipinski definition) is 1. The van der Waals surface area contributed by atoms with Gasteiger partial charge >= 0.3 is 11.9 Å². The quantitative estimate of drug-likeness (QED) is 0.857. The topological polar surface area (TPSA) is 65.2 Å². The molecule has 0 fully saturated rings. The van der Waals surface area contributed by atoms with Gasteiger partial charge in [0.25, 0.3) is 0 Å². The number of nitrogens with two attached hydrogens (primary N) is 1. The van der Waals surface area contributed by atoms with Gasteiger partial charge in [0.05, 0.1) is 12.3 Å². The zero-order valence-electron chi connectivity index (χ0n) is 10.0. The van der Waals surface area contributed by atoms with E-state index in [9.17, 15) is 13.6 Å². The third kappa shape index (κ3) is 3.61. The molecule has 0 aliphatic rings. The zero-order chi connectivity index (χ0) is 13.1. The summed E-state index contributed by atoms with van der Waals surface area (Å²) in [5.41, 5.74) is 5.87. The fraction of sp³-hybridized carbons (Fsp3) is 0.455. The number of rotatable bonds is 4. The van der Waals surface area contributed by atoms with Crippen LogP contribution in [0.4, 0.5) is 8.78 Å². The number of halogens is 3. The molecule has 0 saturated carbocycles. The third-order valence-electron chi connectivity index (χ3n) is 2.17. The van der Waals surface area contributed by atoms with Gasteiger partial charge in [-0.2, -0.15) is 8.78 Å². The Morgan fingerprint density at radius 1 is 1.56 bits per heavy atom. The molecule has 0 spiro atoms. The molecule has 1 rings (SSSR count). The first-order valence-corrected chi connectivity index (χ1v) is 5.13. The molecule has 1 aromatic heterocycles. The molecular weight excluding hydrogens is 266 g/mol. The summed E-state index contributed by atoms with van der Waals surface area (Å²) in [6.07, 6.45) is 0. The van der Waals surface area contributed by atoms with Gasteiger partial charge in [0.1, 0.15) is 6.04 Å². The van der Waals surface area contributed by atoms with E-state index in [2.05, 4.69) is 9.72 Å². The summed E-state index contributed by atoms with van der Waals surface area (Å²) < 4.78 is 31.4. The number of alkyl halides is 2. The Morgan fingerprint density at radius 3 is 2.67 bits per heavy atom. The number of carbonyl (C=O) groups is 1. The number of carbonyl (C=O) groups excluding carboxylic acids is 1. The first-order valence-electron chi connectivity index (χ1n) is 5.13. The van der Waals surface area contributed by atoms with Crippen LogP contribution in [-0.2, 0) is 9.53 Å². The number of hydrogen-bond acceptors (Lipinski definition) is 4. The number of pyridine rings is 1. The van der Waals surface area contributed by atoms with E-state index in [-0.39, 0.29) is 24.7 Å². The molecule has 1 heterocycles. The van der Waals surface area contributed by atoms with Gasteiger partial charge in [-0.05, 0) is 26.0 Å². The number of aryl methyl sites for hydroxylation is 1. The van der Waals surface area contributed by atoms with Crippen molar-refractivity contribution in [3.63, 3.8) is 0 Å². The van der Waals surface area contributed by atoms with E-state index < -0.39 is 17.9 Å². The maximum absolute atomic E-state index is 13.6. The Hall–Kier alpha value is -1.27. The lowest BCUT2D eigenvalue weighted by atomic mass is 10.1. The molecule has 1 aromatic rings. The maximum Gasteiger partial charge on any atom is 0.379 e. The van der Waals surface area contributed by atoms with Gasteiger partial charge in [-0.25, -0.2) is 4.79 Å². The second kappa shape index (κ2) is 6.61. The van der Waals surface area contributed by atoms with Crippen LogP contribution in [0.3, 0.4) is 0 Å². The predicted octanol–water partition coefficient (Wildman–Crippen LogP) is 2.01. The molecule has 0 unspecified atom stereocenters. The predicted molar refractivity (Wildman–Crippen MR) is 64.7 cm³/mol. The fourth-order valence-electron chi connectivity index (χ4n) is 1.28. The largest absolute Gasteiger partial charge is 0.462 e. The summed E-state index contributed by atoms with van der Waals surface area (Å²) >= 11 is 0. The Morgan fingerprint density at radius 2 is 2.17 bits per heavy atom. The van der Waals surface area contributed by atoms with Gasteiger partial charge in [-0.3, -0.25) is 4.98 Å². The van der Waals surface area contributed by atoms with Crippen molar-refractivity contribution in [2.24, 2.45) is 5.73 Å². The average molecular weight is 281 g/mol. The highest BCUT2D eigenvalue weighted by atomic mass is 35.5. The van der Waals surface area contributed by atoms with Crippen LogP contribution in [-0.4, -0.2) is 23.5 Å². The molecule has 0 aliphatic heterocycles. The highest BCUT2D eigenvalue weighted by Crippen LogP contribution is 2.29. The number of aromatic nitrogens is 1. The van der Waals surface area contributed by atoms with E-state index in [4.69, 9.17) is 5.73 Å². The minimum atomic E-state index is -3.78. The number of nitrogens with zero attached hydrogens (tertiary/aromatic N) is 1. The molecule has 7 heteroatoms. The van der Waals surface area contributed by atoms with Gasteiger partial charge in [-0.15, -0.1) is 12.4 Å². The first-order chi connectivity index (χ1) is 7.89. The van der Waals surface area contributed by atoms with Crippen molar-refractivity contribution in [3.05, 3.63) is 29.6 Å². The molecule has 18 heavy (non-hydrogen) atoms. The van der Waals surface area contributed by atoms with E-state index in [0.717, 1.165) is 0 Å². The van der Waals surface area contributed by atoms with Crippen molar-refractivity contribution in [2.45, 2.75) is 25.8 Å². The van der Waals surface area contributed by atoms with Crippen LogP contribution < -0.4 is 5.73 Å². The highest BCUT2D eigenvalue weighted by molar-refractivity contribution is 5.85. The second-order valence-corrected chi connectivity index (χ2v) is 3.52. The van der Waals surface area contributed by atoms with Crippen molar-refractivity contribution >= 4 is 18.4 Å². The second-order valence-electron chi connectivity index (χ2n) is 3.52. The summed E-state index contributed by atoms with van der Waals surface area (Å²) in [5, 5.41) is 0. The van der Waals surface area contributed by atoms with Crippen molar-refractivity contribution < 1.29 is 18.3 Å². The summed E-state index contributed by atoms with van der Waals surface area (Å²) in [7, 11) is 0. The molecule has 102 valence electrons. The van der Waals surface area contributed by atoms with E-state index >= 15 is 0 Å². The first kappa shape index (κ1) is 16.7. The van der Waals surface area contributed by atoms with Crippen molar-refractivity contribution in [3.8, 4) is 0 Å². The molecule has 0 radical (unpaired) electrons. The van der Waals surface area contributed by atoms with Crippen LogP contribution in [0.5, 0.6) is 0 Å². The van der Waals surface area contributed by atoms with E-state index in [1.807, 2.05) is 0 Å². The molecule has 1 atom stereocenters. The highest BCUT2D eigenvalue weighted by Gasteiger charge is 2.48. The normalized spacial score (nSPS) is 12.5. The van der Waals surface area contributed by atoms with Crippen molar-refractivity contribution in [1.29, 1.82) is 0 Å². The number of esters is 1. The average Bonchev–Trinajstić information content (AvgIpc) is 2.28. The SMILES string of the molecule is CCOC(=O)C(F)(F)[C@H](N)c1cccc(C)n1.Cl. The molecule has 0 amide bonds. The summed E-state index contributed by atoms with van der Waals surface area (Å²) in [5.74, 6) is -5.41. The summed E-state index contributed by atoms with van der Waals surface area (Å²) in [6, 6.07) is 2.75. The van der Waals surface area contributed by atoms with Crippen LogP contribution in [0.15, 0.2) is 18.2 Å². The van der Waals surface area contributed by atoms with Gasteiger partial charge in [0, 0.05) is 5.69 Å². The molecule has 0 bridgehead atoms. The van der Waals surface area contributed by atoms with Gasteiger partial charge in [0.2, 0.25) is 0 Å². The number of ether oxygens (including phenoxy) is 1. The lowest BCUT2D eigenvalue weighted by Gasteiger charge is -2.21. The molecule has 0 saturated heterocycles. The van der Waals surface area contributed by atoms with E-state index in [1.165, 1.54) is 13.0 Å². The Balaban J connectivity index is 0.00000289. The van der Waals surface area contributed by atoms with Crippen LogP contribution >= 0.6 is 12.4 Å². The van der Waals surface area contributed by atoms with E-state index in [0.29, 0.717) is 5.69 Å². The van der Waals surface area contributed by atoms with Crippen LogP contribution in [0, 0.1) is 6.92 Å². The van der Waals surface area contributed by atoms with Gasteiger partial charge in [0.15, 0.2) is 0 Å². The molecule has 0 aliphatic carbocycles. The van der Waals surface area contributed by atoms with Crippen molar-refractivity contribution in [2.75, 3.05) is 6.61 Å². The Labute approximate surface area is 110 Å². The minimum Gasteiger partial charge on any atom is -0.462 e. The fourth-order valence-corrected chi connectivity index (χ4v) is 1.28. The van der Waals surface area contributed by atoms with Gasteiger partial charge < -0.3 is 10.5 Å². The lowest BCUT2D eigenvalue weighted by Crippen LogP contribution is -2.42. The molecule has 2 N–H and O–H groups in total. The zero-order valence-corrected chi connectivity index (χ0v) is 10.8. The summed E-state index contributed by atoms with van der Waals surface area (Å²) in [6.45, 7) is 2.98. The van der Waals surface area contributed by atoms with Crippen LogP contribution in [0.1, 0.15) is 24.4 Å². The Bertz CT molecular complexity index is 416. The monoisotopic (exact) mass is 280 g/mol. The Kier molecular flexibility index (Phi) is 6.14. The minimum absolute atomic E-state index is 0. The standard InChI is InChI=1S/C11H14F2N2O2.ClH/c1-3-17-10(16)11(12,13)9(14)8-6-4-5-7(2)15-8;/h4-6,9H,3,14H2,1-2H3;1H/t9-;/m1./s1. The van der Waals surface area contributed by atoms with Crippen molar-refractivity contribution in [1.82, 2.24) is 4.98 Å². The van der Waals surface area contributed by atoms with Crippen LogP contribution in [0.2, 0.25) is 0 Å². The molecule has 4 nitrogen and oxygen atoms in total. The maximum atomic E-state index is 13.6. The lowest BCUT2D eigenvalue weighted by molar-refractivity contribution is -0.175. The smallest absolute Gasteiger partial charge is 0.379 e. The van der Waals surface area contributed by atoms with Gasteiger partial charge in [-0.1, -0.05) is 6.07 Å². The third-order valence-corrected chi connectivity index (χ3v) is 2.17. The van der Waals surface area contributed by atoms with Crippen LogP contribution in [0.25, 0.3) is 0 Å². The van der Waals surface area contributed by atoms with E-state index in [1.54, 1.807) is 19.1 Å². The molecular formula is C11H15ClF2N2O2. The summed E-state index contributed by atoms with van der Waals surface area (Å²) in [4.78, 5) is 15.0. The molecule has 0 aromatic carbocycles.